The SMILES string of the molecule is CCOC(=O)COc1c(C(=O)OC)sc(-c2cccc(N(CC)C3CCCCC3)c2)c1Br. The van der Waals surface area contributed by atoms with E-state index in [0.717, 1.165) is 17.0 Å². The van der Waals surface area contributed by atoms with Crippen molar-refractivity contribution in [1.82, 2.24) is 0 Å². The fourth-order valence-corrected chi connectivity index (χ4v) is 6.11. The highest BCUT2D eigenvalue weighted by atomic mass is 79.9. The number of esters is 2. The third-order valence-electron chi connectivity index (χ3n) is 5.62. The summed E-state index contributed by atoms with van der Waals surface area (Å²) in [6, 6.07) is 8.92. The largest absolute Gasteiger partial charge is 0.479 e. The average Bonchev–Trinajstić information content (AvgIpc) is 3.15. The van der Waals surface area contributed by atoms with E-state index in [-0.39, 0.29) is 13.2 Å². The van der Waals surface area contributed by atoms with Gasteiger partial charge >= 0.3 is 11.9 Å². The quantitative estimate of drug-likeness (QED) is 0.372. The Balaban J connectivity index is 1.94. The lowest BCUT2D eigenvalue weighted by molar-refractivity contribution is -0.145. The van der Waals surface area contributed by atoms with Crippen molar-refractivity contribution in [2.24, 2.45) is 0 Å². The van der Waals surface area contributed by atoms with Gasteiger partial charge in [-0.1, -0.05) is 31.4 Å². The smallest absolute Gasteiger partial charge is 0.351 e. The molecule has 0 atom stereocenters. The van der Waals surface area contributed by atoms with Gasteiger partial charge in [-0.2, -0.15) is 0 Å². The summed E-state index contributed by atoms with van der Waals surface area (Å²) in [6.07, 6.45) is 6.32. The molecule has 6 nitrogen and oxygen atoms in total. The third-order valence-corrected chi connectivity index (χ3v) is 7.83. The average molecular weight is 524 g/mol. The minimum Gasteiger partial charge on any atom is -0.479 e. The molecular weight excluding hydrogens is 494 g/mol. The zero-order valence-electron chi connectivity index (χ0n) is 18.8. The van der Waals surface area contributed by atoms with Crippen molar-refractivity contribution in [3.05, 3.63) is 33.6 Å². The van der Waals surface area contributed by atoms with Gasteiger partial charge < -0.3 is 19.1 Å². The standard InChI is InChI=1S/C24H30BrNO5S/c1-4-26(17-11-7-6-8-12-17)18-13-9-10-16(14-18)22-20(25)21(23(32-22)24(28)29-3)31-15-19(27)30-5-2/h9-10,13-14,17H,4-8,11-12,15H2,1-3H3. The normalized spacial score (nSPS) is 14.1. The van der Waals surface area contributed by atoms with E-state index >= 15 is 0 Å². The van der Waals surface area contributed by atoms with Crippen LogP contribution in [-0.2, 0) is 14.3 Å². The Labute approximate surface area is 202 Å². The van der Waals surface area contributed by atoms with Crippen LogP contribution in [0.4, 0.5) is 5.69 Å². The van der Waals surface area contributed by atoms with Gasteiger partial charge in [0.25, 0.3) is 0 Å². The lowest BCUT2D eigenvalue weighted by Gasteiger charge is -2.35. The highest BCUT2D eigenvalue weighted by molar-refractivity contribution is 9.10. The van der Waals surface area contributed by atoms with Crippen molar-refractivity contribution >= 4 is 44.9 Å². The van der Waals surface area contributed by atoms with Crippen molar-refractivity contribution in [2.75, 3.05) is 31.8 Å². The van der Waals surface area contributed by atoms with Gasteiger partial charge in [-0.25, -0.2) is 9.59 Å². The maximum Gasteiger partial charge on any atom is 0.351 e. The molecular formula is C24H30BrNO5S. The van der Waals surface area contributed by atoms with Crippen LogP contribution in [0.2, 0.25) is 0 Å². The van der Waals surface area contributed by atoms with E-state index in [0.29, 0.717) is 21.1 Å². The molecule has 1 aromatic heterocycles. The summed E-state index contributed by atoms with van der Waals surface area (Å²) in [5.41, 5.74) is 2.15. The van der Waals surface area contributed by atoms with Gasteiger partial charge in [0.05, 0.1) is 23.1 Å². The number of carbonyl (C=O) groups is 2. The molecule has 8 heteroatoms. The second-order valence-corrected chi connectivity index (χ2v) is 9.43. The van der Waals surface area contributed by atoms with Crippen molar-refractivity contribution in [2.45, 2.75) is 52.0 Å². The van der Waals surface area contributed by atoms with Gasteiger partial charge in [0.1, 0.15) is 0 Å². The predicted molar refractivity (Wildman–Crippen MR) is 131 cm³/mol. The summed E-state index contributed by atoms with van der Waals surface area (Å²) in [4.78, 5) is 27.8. The minimum absolute atomic E-state index is 0.268. The molecule has 1 heterocycles. The molecule has 0 spiro atoms. The summed E-state index contributed by atoms with van der Waals surface area (Å²) >= 11 is 4.88. The molecule has 0 unspecified atom stereocenters. The molecule has 0 amide bonds. The number of carbonyl (C=O) groups excluding carboxylic acids is 2. The number of nitrogens with zero attached hydrogens (tertiary/aromatic N) is 1. The Kier molecular flexibility index (Phi) is 8.99. The molecule has 32 heavy (non-hydrogen) atoms. The number of halogens is 1. The van der Waals surface area contributed by atoms with Crippen LogP contribution < -0.4 is 9.64 Å². The number of rotatable bonds is 9. The Bertz CT molecular complexity index is 938. The number of hydrogen-bond donors (Lipinski definition) is 0. The Morgan fingerprint density at radius 1 is 1.19 bits per heavy atom. The maximum atomic E-state index is 12.4. The van der Waals surface area contributed by atoms with Crippen LogP contribution >= 0.6 is 27.3 Å². The van der Waals surface area contributed by atoms with E-state index < -0.39 is 11.9 Å². The second kappa shape index (κ2) is 11.7. The Hall–Kier alpha value is -2.06. The fraction of sp³-hybridized carbons (Fsp3) is 0.500. The van der Waals surface area contributed by atoms with Crippen LogP contribution in [0.3, 0.4) is 0 Å². The van der Waals surface area contributed by atoms with Crippen molar-refractivity contribution in [1.29, 1.82) is 0 Å². The summed E-state index contributed by atoms with van der Waals surface area (Å²) in [5.74, 6) is -0.694. The number of thiophene rings is 1. The molecule has 0 aliphatic heterocycles. The highest BCUT2D eigenvalue weighted by Crippen LogP contribution is 2.46. The molecule has 0 N–H and O–H groups in total. The molecule has 1 aromatic carbocycles. The topological polar surface area (TPSA) is 65.1 Å². The molecule has 3 rings (SSSR count). The molecule has 174 valence electrons. The number of ether oxygens (including phenoxy) is 3. The van der Waals surface area contributed by atoms with Gasteiger partial charge in [0.15, 0.2) is 17.2 Å². The molecule has 2 aromatic rings. The zero-order chi connectivity index (χ0) is 23.1. The summed E-state index contributed by atoms with van der Waals surface area (Å²) in [5, 5.41) is 0. The number of benzene rings is 1. The van der Waals surface area contributed by atoms with E-state index in [1.807, 2.05) is 12.1 Å². The van der Waals surface area contributed by atoms with Gasteiger partial charge in [0, 0.05) is 18.3 Å². The summed E-state index contributed by atoms with van der Waals surface area (Å²) in [6.45, 7) is 4.86. The van der Waals surface area contributed by atoms with Crippen molar-refractivity contribution < 1.29 is 23.8 Å². The van der Waals surface area contributed by atoms with Crippen molar-refractivity contribution in [3.63, 3.8) is 0 Å². The molecule has 0 saturated heterocycles. The first-order valence-corrected chi connectivity index (χ1v) is 12.7. The van der Waals surface area contributed by atoms with Crippen LogP contribution in [-0.4, -0.2) is 44.8 Å². The lowest BCUT2D eigenvalue weighted by atomic mass is 9.93. The van der Waals surface area contributed by atoms with Gasteiger partial charge in [0.2, 0.25) is 0 Å². The first-order valence-electron chi connectivity index (χ1n) is 11.1. The van der Waals surface area contributed by atoms with E-state index in [2.05, 4.69) is 39.9 Å². The van der Waals surface area contributed by atoms with Crippen LogP contribution in [0.1, 0.15) is 55.6 Å². The molecule has 0 radical (unpaired) electrons. The number of methoxy groups -OCH3 is 1. The van der Waals surface area contributed by atoms with Crippen LogP contribution in [0.15, 0.2) is 28.7 Å². The lowest BCUT2D eigenvalue weighted by Crippen LogP contribution is -2.36. The van der Waals surface area contributed by atoms with Gasteiger partial charge in [-0.3, -0.25) is 0 Å². The first-order chi connectivity index (χ1) is 15.5. The van der Waals surface area contributed by atoms with Crippen LogP contribution in [0.25, 0.3) is 10.4 Å². The molecule has 1 saturated carbocycles. The van der Waals surface area contributed by atoms with E-state index in [9.17, 15) is 9.59 Å². The first kappa shape index (κ1) is 24.6. The van der Waals surface area contributed by atoms with Crippen LogP contribution in [0.5, 0.6) is 5.75 Å². The zero-order valence-corrected chi connectivity index (χ0v) is 21.2. The number of anilines is 1. The van der Waals surface area contributed by atoms with Crippen LogP contribution in [0, 0.1) is 0 Å². The highest BCUT2D eigenvalue weighted by Gasteiger charge is 2.26. The van der Waals surface area contributed by atoms with Crippen molar-refractivity contribution in [3.8, 4) is 16.2 Å². The second-order valence-electron chi connectivity index (χ2n) is 7.62. The minimum atomic E-state index is -0.505. The summed E-state index contributed by atoms with van der Waals surface area (Å²) in [7, 11) is 1.33. The monoisotopic (exact) mass is 523 g/mol. The maximum absolute atomic E-state index is 12.4. The van der Waals surface area contributed by atoms with E-state index in [1.165, 1.54) is 56.2 Å². The Morgan fingerprint density at radius 3 is 2.59 bits per heavy atom. The van der Waals surface area contributed by atoms with E-state index in [4.69, 9.17) is 14.2 Å². The van der Waals surface area contributed by atoms with Gasteiger partial charge in [-0.15, -0.1) is 11.3 Å². The Morgan fingerprint density at radius 2 is 1.94 bits per heavy atom. The van der Waals surface area contributed by atoms with E-state index in [1.54, 1.807) is 6.92 Å². The predicted octanol–water partition coefficient (Wildman–Crippen LogP) is 6.07. The molecule has 1 aliphatic rings. The molecule has 1 aliphatic carbocycles. The third kappa shape index (κ3) is 5.64. The molecule has 1 fully saturated rings. The summed E-state index contributed by atoms with van der Waals surface area (Å²) < 4.78 is 16.2. The fourth-order valence-electron chi connectivity index (χ4n) is 4.14. The van der Waals surface area contributed by atoms with Gasteiger partial charge in [-0.05, 0) is 60.3 Å². The molecule has 0 bridgehead atoms. The number of hydrogen-bond acceptors (Lipinski definition) is 7.